The summed E-state index contributed by atoms with van der Waals surface area (Å²) in [6.45, 7) is 6.75. The summed E-state index contributed by atoms with van der Waals surface area (Å²) in [5.74, 6) is 0. The Balaban J connectivity index is 2.84. The van der Waals surface area contributed by atoms with Crippen molar-refractivity contribution in [1.29, 1.82) is 0 Å². The topological polar surface area (TPSA) is 46.9 Å². The fraction of sp³-hybridized carbons (Fsp3) is 0.600. The molecule has 0 bridgehead atoms. The van der Waals surface area contributed by atoms with Crippen molar-refractivity contribution in [2.45, 2.75) is 39.8 Å². The number of nitrogens with zero attached hydrogens (tertiary/aromatic N) is 2. The summed E-state index contributed by atoms with van der Waals surface area (Å²) in [5.41, 5.74) is 0.745. The monoisotopic (exact) mass is 195 g/mol. The van der Waals surface area contributed by atoms with Crippen LogP contribution in [0.3, 0.4) is 0 Å². The Kier molecular flexibility index (Phi) is 3.68. The maximum Gasteiger partial charge on any atom is 0.268 e. The molecular weight excluding hydrogens is 178 g/mol. The summed E-state index contributed by atoms with van der Waals surface area (Å²) in [6.07, 6.45) is 2.61. The average Bonchev–Trinajstić information content (AvgIpc) is 2.09. The predicted molar refractivity (Wildman–Crippen MR) is 57.5 cm³/mol. The Morgan fingerprint density at radius 1 is 1.57 bits per heavy atom. The van der Waals surface area contributed by atoms with Gasteiger partial charge < -0.3 is 5.32 Å². The zero-order chi connectivity index (χ0) is 10.6. The second-order valence-electron chi connectivity index (χ2n) is 3.60. The first-order valence-corrected chi connectivity index (χ1v) is 4.97. The van der Waals surface area contributed by atoms with E-state index in [1.54, 1.807) is 12.3 Å². The van der Waals surface area contributed by atoms with E-state index in [2.05, 4.69) is 10.4 Å². The molecule has 0 amide bonds. The first kappa shape index (κ1) is 10.8. The van der Waals surface area contributed by atoms with Crippen molar-refractivity contribution in [3.8, 4) is 0 Å². The van der Waals surface area contributed by atoms with Crippen LogP contribution >= 0.6 is 0 Å². The minimum absolute atomic E-state index is 0.0440. The summed E-state index contributed by atoms with van der Waals surface area (Å²) < 4.78 is 1.48. The lowest BCUT2D eigenvalue weighted by Crippen LogP contribution is -2.23. The van der Waals surface area contributed by atoms with Crippen LogP contribution in [0.2, 0.25) is 0 Å². The van der Waals surface area contributed by atoms with Gasteiger partial charge >= 0.3 is 0 Å². The molecule has 1 aromatic rings. The first-order valence-electron chi connectivity index (χ1n) is 4.97. The molecule has 0 aliphatic carbocycles. The van der Waals surface area contributed by atoms with Gasteiger partial charge in [0, 0.05) is 18.7 Å². The van der Waals surface area contributed by atoms with E-state index < -0.39 is 0 Å². The quantitative estimate of drug-likeness (QED) is 0.791. The smallest absolute Gasteiger partial charge is 0.268 e. The van der Waals surface area contributed by atoms with Crippen LogP contribution in [0.25, 0.3) is 0 Å². The van der Waals surface area contributed by atoms with E-state index in [4.69, 9.17) is 0 Å². The molecule has 0 spiro atoms. The van der Waals surface area contributed by atoms with Gasteiger partial charge in [-0.2, -0.15) is 5.10 Å². The van der Waals surface area contributed by atoms with Crippen LogP contribution in [-0.4, -0.2) is 15.8 Å². The highest BCUT2D eigenvalue weighted by Gasteiger charge is 1.99. The van der Waals surface area contributed by atoms with E-state index in [0.29, 0.717) is 12.6 Å². The lowest BCUT2D eigenvalue weighted by molar-refractivity contribution is 0.568. The second-order valence-corrected chi connectivity index (χ2v) is 3.60. The molecule has 4 heteroatoms. The van der Waals surface area contributed by atoms with Gasteiger partial charge in [-0.15, -0.1) is 0 Å². The molecule has 0 aliphatic rings. The van der Waals surface area contributed by atoms with Crippen molar-refractivity contribution in [3.05, 3.63) is 22.6 Å². The third-order valence-electron chi connectivity index (χ3n) is 1.76. The molecule has 0 saturated carbocycles. The Labute approximate surface area is 84.0 Å². The molecule has 0 atom stereocenters. The molecule has 1 aromatic heterocycles. The fourth-order valence-electron chi connectivity index (χ4n) is 1.23. The average molecular weight is 195 g/mol. The van der Waals surface area contributed by atoms with E-state index in [-0.39, 0.29) is 5.56 Å². The van der Waals surface area contributed by atoms with Gasteiger partial charge in [0.15, 0.2) is 0 Å². The van der Waals surface area contributed by atoms with Gasteiger partial charge in [0.25, 0.3) is 5.56 Å². The van der Waals surface area contributed by atoms with Gasteiger partial charge in [-0.3, -0.25) is 4.79 Å². The second kappa shape index (κ2) is 4.79. The molecule has 0 radical (unpaired) electrons. The zero-order valence-electron chi connectivity index (χ0n) is 8.95. The number of aryl methyl sites for hydroxylation is 1. The van der Waals surface area contributed by atoms with Gasteiger partial charge in [-0.1, -0.05) is 6.92 Å². The molecule has 0 aromatic carbocycles. The van der Waals surface area contributed by atoms with Crippen LogP contribution in [-0.2, 0) is 6.54 Å². The molecular formula is C10H17N3O. The Morgan fingerprint density at radius 3 is 2.79 bits per heavy atom. The summed E-state index contributed by atoms with van der Waals surface area (Å²) in [5, 5.41) is 7.20. The van der Waals surface area contributed by atoms with E-state index in [0.717, 1.165) is 12.1 Å². The summed E-state index contributed by atoms with van der Waals surface area (Å²) >= 11 is 0. The number of hydrogen-bond acceptors (Lipinski definition) is 3. The molecule has 78 valence electrons. The molecule has 0 unspecified atom stereocenters. The van der Waals surface area contributed by atoms with E-state index in [1.807, 2.05) is 20.8 Å². The summed E-state index contributed by atoms with van der Waals surface area (Å²) in [4.78, 5) is 11.5. The maximum atomic E-state index is 11.5. The number of rotatable bonds is 4. The molecule has 1 heterocycles. The predicted octanol–water partition coefficient (Wildman–Crippen LogP) is 1.47. The van der Waals surface area contributed by atoms with Crippen LogP contribution in [0, 0.1) is 0 Å². The minimum Gasteiger partial charge on any atom is -0.381 e. The van der Waals surface area contributed by atoms with E-state index >= 15 is 0 Å². The maximum absolute atomic E-state index is 11.5. The Hall–Kier alpha value is -1.32. The van der Waals surface area contributed by atoms with Crippen LogP contribution in [0.1, 0.15) is 27.2 Å². The molecule has 4 nitrogen and oxygen atoms in total. The molecule has 0 fully saturated rings. The Morgan fingerprint density at radius 2 is 2.29 bits per heavy atom. The third-order valence-corrected chi connectivity index (χ3v) is 1.76. The van der Waals surface area contributed by atoms with Gasteiger partial charge in [0.1, 0.15) is 0 Å². The highest BCUT2D eigenvalue weighted by molar-refractivity contribution is 5.39. The molecule has 1 rings (SSSR count). The van der Waals surface area contributed by atoms with Crippen molar-refractivity contribution in [2.24, 2.45) is 0 Å². The lowest BCUT2D eigenvalue weighted by atomic mass is 10.3. The van der Waals surface area contributed by atoms with E-state index in [9.17, 15) is 4.79 Å². The number of aromatic nitrogens is 2. The van der Waals surface area contributed by atoms with Crippen molar-refractivity contribution >= 4 is 5.69 Å². The number of nitrogens with one attached hydrogen (secondary N) is 1. The van der Waals surface area contributed by atoms with Gasteiger partial charge in [-0.05, 0) is 20.3 Å². The largest absolute Gasteiger partial charge is 0.381 e. The fourth-order valence-corrected chi connectivity index (χ4v) is 1.23. The number of hydrogen-bond donors (Lipinski definition) is 1. The van der Waals surface area contributed by atoms with Gasteiger partial charge in [-0.25, -0.2) is 4.68 Å². The molecule has 0 saturated heterocycles. The minimum atomic E-state index is -0.0440. The van der Waals surface area contributed by atoms with Crippen molar-refractivity contribution in [2.75, 3.05) is 5.32 Å². The van der Waals surface area contributed by atoms with Crippen molar-refractivity contribution in [3.63, 3.8) is 0 Å². The van der Waals surface area contributed by atoms with Crippen LogP contribution in [0.15, 0.2) is 17.1 Å². The van der Waals surface area contributed by atoms with Gasteiger partial charge in [0.2, 0.25) is 0 Å². The zero-order valence-corrected chi connectivity index (χ0v) is 8.95. The molecule has 0 aliphatic heterocycles. The van der Waals surface area contributed by atoms with Crippen LogP contribution in [0.4, 0.5) is 5.69 Å². The highest BCUT2D eigenvalue weighted by Crippen LogP contribution is 2.01. The standard InChI is InChI=1S/C10H17N3O/c1-4-5-13-10(14)6-9(7-11-13)12-8(2)3/h6-8,12H,4-5H2,1-3H3. The SMILES string of the molecule is CCCn1ncc(NC(C)C)cc1=O. The van der Waals surface area contributed by atoms with E-state index in [1.165, 1.54) is 4.68 Å². The van der Waals surface area contributed by atoms with Crippen LogP contribution in [0.5, 0.6) is 0 Å². The summed E-state index contributed by atoms with van der Waals surface area (Å²) in [7, 11) is 0. The lowest BCUT2D eigenvalue weighted by Gasteiger charge is -2.09. The normalized spacial score (nSPS) is 10.6. The highest BCUT2D eigenvalue weighted by atomic mass is 16.1. The number of anilines is 1. The van der Waals surface area contributed by atoms with Crippen LogP contribution < -0.4 is 10.9 Å². The molecule has 14 heavy (non-hydrogen) atoms. The third kappa shape index (κ3) is 2.87. The van der Waals surface area contributed by atoms with Crippen molar-refractivity contribution in [1.82, 2.24) is 9.78 Å². The first-order chi connectivity index (χ1) is 6.63. The van der Waals surface area contributed by atoms with Crippen molar-refractivity contribution < 1.29 is 0 Å². The van der Waals surface area contributed by atoms with Gasteiger partial charge in [0.05, 0.1) is 11.9 Å². The molecule has 1 N–H and O–H groups in total. The summed E-state index contributed by atoms with van der Waals surface area (Å²) in [6, 6.07) is 1.90. The Bertz CT molecular complexity index is 343.